The molecule has 1 heteroatoms. The molecule has 0 amide bonds. The Hall–Kier alpha value is -0.0400. The minimum Gasteiger partial charge on any atom is -0.296 e. The molecule has 0 radical (unpaired) electrons. The topological polar surface area (TPSA) is 3.24 Å². The Labute approximate surface area is 106 Å². The molecule has 96 valence electrons. The van der Waals surface area contributed by atoms with Gasteiger partial charge >= 0.3 is 0 Å². The lowest BCUT2D eigenvalue weighted by Gasteiger charge is -2.38. The average Bonchev–Trinajstić information content (AvgIpc) is 2.97. The Morgan fingerprint density at radius 1 is 0.882 bits per heavy atom. The summed E-state index contributed by atoms with van der Waals surface area (Å²) in [5.41, 5.74) is 2.70. The van der Waals surface area contributed by atoms with Crippen LogP contribution in [0.5, 0.6) is 0 Å². The van der Waals surface area contributed by atoms with Crippen LogP contribution in [-0.2, 0) is 0 Å². The Kier molecular flexibility index (Phi) is 1.76. The van der Waals surface area contributed by atoms with E-state index in [4.69, 9.17) is 0 Å². The SMILES string of the molecule is CC(C)(C)CC12CC3(CC3)CN1CC1(CC1)C2. The molecule has 0 aromatic rings. The molecule has 2 aliphatic carbocycles. The van der Waals surface area contributed by atoms with Gasteiger partial charge < -0.3 is 0 Å². The van der Waals surface area contributed by atoms with Gasteiger partial charge in [0.05, 0.1) is 0 Å². The molecule has 4 fully saturated rings. The summed E-state index contributed by atoms with van der Waals surface area (Å²) in [5, 5.41) is 0. The molecular weight excluding hydrogens is 206 g/mol. The number of rotatable bonds is 1. The first kappa shape index (κ1) is 10.8. The van der Waals surface area contributed by atoms with Gasteiger partial charge in [0, 0.05) is 18.6 Å². The van der Waals surface area contributed by atoms with E-state index in [2.05, 4.69) is 25.7 Å². The summed E-state index contributed by atoms with van der Waals surface area (Å²) in [4.78, 5) is 2.94. The monoisotopic (exact) mass is 233 g/mol. The van der Waals surface area contributed by atoms with Gasteiger partial charge in [-0.2, -0.15) is 0 Å². The third kappa shape index (κ3) is 1.61. The number of hydrogen-bond donors (Lipinski definition) is 0. The van der Waals surface area contributed by atoms with Gasteiger partial charge in [0.15, 0.2) is 0 Å². The van der Waals surface area contributed by atoms with Crippen LogP contribution in [0.15, 0.2) is 0 Å². The summed E-state index contributed by atoms with van der Waals surface area (Å²) in [6.45, 7) is 10.2. The Balaban J connectivity index is 1.64. The zero-order chi connectivity index (χ0) is 11.9. The lowest BCUT2D eigenvalue weighted by Crippen LogP contribution is -2.41. The fraction of sp³-hybridized carbons (Fsp3) is 1.00. The Bertz CT molecular complexity index is 330. The van der Waals surface area contributed by atoms with E-state index in [0.717, 1.165) is 10.8 Å². The molecule has 4 aliphatic rings. The molecule has 2 heterocycles. The molecule has 4 rings (SSSR count). The summed E-state index contributed by atoms with van der Waals surface area (Å²) >= 11 is 0. The van der Waals surface area contributed by atoms with E-state index in [-0.39, 0.29) is 0 Å². The third-order valence-corrected chi connectivity index (χ3v) is 5.91. The molecule has 17 heavy (non-hydrogen) atoms. The smallest absolute Gasteiger partial charge is 0.0226 e. The predicted molar refractivity (Wildman–Crippen MR) is 70.9 cm³/mol. The maximum Gasteiger partial charge on any atom is 0.0226 e. The lowest BCUT2D eigenvalue weighted by atomic mass is 9.74. The van der Waals surface area contributed by atoms with Crippen molar-refractivity contribution in [2.45, 2.75) is 71.3 Å². The highest BCUT2D eigenvalue weighted by Gasteiger charge is 2.67. The Morgan fingerprint density at radius 3 is 1.71 bits per heavy atom. The van der Waals surface area contributed by atoms with Crippen molar-refractivity contribution in [2.24, 2.45) is 16.2 Å². The molecule has 0 atom stereocenters. The van der Waals surface area contributed by atoms with E-state index in [1.165, 1.54) is 45.2 Å². The maximum absolute atomic E-state index is 2.94. The van der Waals surface area contributed by atoms with Crippen molar-refractivity contribution in [2.75, 3.05) is 13.1 Å². The van der Waals surface area contributed by atoms with Crippen LogP contribution in [0.25, 0.3) is 0 Å². The second-order valence-corrected chi connectivity index (χ2v) is 9.17. The number of fused-ring (bicyclic) bond motifs is 1. The van der Waals surface area contributed by atoms with Gasteiger partial charge in [0.2, 0.25) is 0 Å². The highest BCUT2D eigenvalue weighted by Crippen LogP contribution is 2.69. The van der Waals surface area contributed by atoms with E-state index in [1.54, 1.807) is 12.8 Å². The van der Waals surface area contributed by atoms with Crippen molar-refractivity contribution in [1.29, 1.82) is 0 Å². The fourth-order valence-electron chi connectivity index (χ4n) is 5.24. The Morgan fingerprint density at radius 2 is 1.35 bits per heavy atom. The van der Waals surface area contributed by atoms with Crippen molar-refractivity contribution >= 4 is 0 Å². The average molecular weight is 233 g/mol. The minimum absolute atomic E-state index is 0.499. The second kappa shape index (κ2) is 2.76. The normalized spacial score (nSPS) is 35.5. The quantitative estimate of drug-likeness (QED) is 0.665. The third-order valence-electron chi connectivity index (χ3n) is 5.91. The van der Waals surface area contributed by atoms with Gasteiger partial charge in [-0.15, -0.1) is 0 Å². The summed E-state index contributed by atoms with van der Waals surface area (Å²) in [7, 11) is 0. The molecule has 0 unspecified atom stereocenters. The summed E-state index contributed by atoms with van der Waals surface area (Å²) in [6.07, 6.45) is 10.6. The second-order valence-electron chi connectivity index (χ2n) is 9.17. The highest BCUT2D eigenvalue weighted by atomic mass is 15.3. The molecule has 0 N–H and O–H groups in total. The first-order valence-corrected chi connectivity index (χ1v) is 7.60. The van der Waals surface area contributed by atoms with E-state index < -0.39 is 0 Å². The van der Waals surface area contributed by atoms with Crippen molar-refractivity contribution in [3.05, 3.63) is 0 Å². The van der Waals surface area contributed by atoms with Crippen LogP contribution in [0.3, 0.4) is 0 Å². The molecule has 2 saturated carbocycles. The van der Waals surface area contributed by atoms with Crippen LogP contribution >= 0.6 is 0 Å². The van der Waals surface area contributed by atoms with Crippen LogP contribution in [-0.4, -0.2) is 23.5 Å². The molecule has 1 nitrogen and oxygen atoms in total. The fourth-order valence-corrected chi connectivity index (χ4v) is 5.24. The largest absolute Gasteiger partial charge is 0.296 e. The summed E-state index contributed by atoms with van der Waals surface area (Å²) < 4.78 is 0. The zero-order valence-electron chi connectivity index (χ0n) is 11.8. The van der Waals surface area contributed by atoms with E-state index in [9.17, 15) is 0 Å². The van der Waals surface area contributed by atoms with Gasteiger partial charge in [-0.25, -0.2) is 0 Å². The van der Waals surface area contributed by atoms with Crippen molar-refractivity contribution in [1.82, 2.24) is 4.90 Å². The molecule has 2 saturated heterocycles. The van der Waals surface area contributed by atoms with Crippen LogP contribution in [0.1, 0.15) is 65.7 Å². The molecule has 0 aromatic carbocycles. The van der Waals surface area contributed by atoms with E-state index in [1.807, 2.05) is 0 Å². The molecule has 2 aliphatic heterocycles. The van der Waals surface area contributed by atoms with Crippen molar-refractivity contribution in [3.63, 3.8) is 0 Å². The van der Waals surface area contributed by atoms with Gasteiger partial charge in [-0.1, -0.05) is 20.8 Å². The van der Waals surface area contributed by atoms with E-state index in [0.29, 0.717) is 11.0 Å². The van der Waals surface area contributed by atoms with Gasteiger partial charge in [0.1, 0.15) is 0 Å². The standard InChI is InChI=1S/C16H27N/c1-13(2,3)8-16-9-14(4-5-14)11-17(16)12-15(10-16)6-7-15/h4-12H2,1-3H3. The van der Waals surface area contributed by atoms with Crippen LogP contribution in [0.4, 0.5) is 0 Å². The molecule has 0 aromatic heterocycles. The highest BCUT2D eigenvalue weighted by molar-refractivity contribution is 5.21. The van der Waals surface area contributed by atoms with E-state index >= 15 is 0 Å². The first-order chi connectivity index (χ1) is 7.85. The van der Waals surface area contributed by atoms with Crippen LogP contribution in [0, 0.1) is 16.2 Å². The van der Waals surface area contributed by atoms with Gasteiger partial charge in [0.25, 0.3) is 0 Å². The molecule has 0 bridgehead atoms. The van der Waals surface area contributed by atoms with Crippen molar-refractivity contribution < 1.29 is 0 Å². The zero-order valence-corrected chi connectivity index (χ0v) is 11.8. The summed E-state index contributed by atoms with van der Waals surface area (Å²) in [5.74, 6) is 0. The van der Waals surface area contributed by atoms with Gasteiger partial charge in [-0.05, 0) is 61.2 Å². The lowest BCUT2D eigenvalue weighted by molar-refractivity contribution is 0.129. The molecule has 2 spiro atoms. The molecular formula is C16H27N. The number of nitrogens with zero attached hydrogens (tertiary/aromatic N) is 1. The first-order valence-electron chi connectivity index (χ1n) is 7.60. The van der Waals surface area contributed by atoms with Crippen molar-refractivity contribution in [3.8, 4) is 0 Å². The predicted octanol–water partition coefficient (Wildman–Crippen LogP) is 3.83. The summed E-state index contributed by atoms with van der Waals surface area (Å²) in [6, 6.07) is 0. The maximum atomic E-state index is 2.94. The number of hydrogen-bond acceptors (Lipinski definition) is 1. The van der Waals surface area contributed by atoms with Crippen LogP contribution in [0.2, 0.25) is 0 Å². The minimum atomic E-state index is 0.499. The van der Waals surface area contributed by atoms with Crippen LogP contribution < -0.4 is 0 Å². The van der Waals surface area contributed by atoms with Gasteiger partial charge in [-0.3, -0.25) is 4.90 Å².